The molecule has 0 aliphatic rings. The first kappa shape index (κ1) is 14.4. The van der Waals surface area contributed by atoms with Gasteiger partial charge in [0, 0.05) is 11.6 Å². The minimum atomic E-state index is -0.0243. The van der Waals surface area contributed by atoms with E-state index in [0.717, 1.165) is 11.3 Å². The Labute approximate surface area is 120 Å². The molecule has 2 N–H and O–H groups in total. The second-order valence-electron chi connectivity index (χ2n) is 4.95. The van der Waals surface area contributed by atoms with E-state index in [2.05, 4.69) is 31.2 Å². The average molecular weight is 267 g/mol. The van der Waals surface area contributed by atoms with Crippen molar-refractivity contribution in [1.82, 2.24) is 0 Å². The van der Waals surface area contributed by atoms with Crippen LogP contribution in [-0.2, 0) is 0 Å². The van der Waals surface area contributed by atoms with Gasteiger partial charge in [-0.1, -0.05) is 48.5 Å². The van der Waals surface area contributed by atoms with Gasteiger partial charge >= 0.3 is 0 Å². The van der Waals surface area contributed by atoms with Gasteiger partial charge in [-0.3, -0.25) is 0 Å². The Balaban J connectivity index is 2.00. The van der Waals surface area contributed by atoms with Crippen LogP contribution in [0.3, 0.4) is 0 Å². The van der Waals surface area contributed by atoms with E-state index in [1.54, 1.807) is 0 Å². The lowest BCUT2D eigenvalue weighted by atomic mass is 10.1. The lowest BCUT2D eigenvalue weighted by Gasteiger charge is -2.13. The highest BCUT2D eigenvalue weighted by atomic mass is 16.5. The van der Waals surface area contributed by atoms with Crippen molar-refractivity contribution >= 4 is 6.08 Å². The first-order valence-corrected chi connectivity index (χ1v) is 6.87. The SMILES string of the molecule is Cc1ccc([C@@H](C)N)c(OCC=Cc2ccccc2)c1. The largest absolute Gasteiger partial charge is 0.489 e. The van der Waals surface area contributed by atoms with Crippen molar-refractivity contribution in [3.8, 4) is 5.75 Å². The predicted molar refractivity (Wildman–Crippen MR) is 84.8 cm³/mol. The maximum Gasteiger partial charge on any atom is 0.124 e. The van der Waals surface area contributed by atoms with Gasteiger partial charge in [0.1, 0.15) is 12.4 Å². The van der Waals surface area contributed by atoms with Crippen LogP contribution in [-0.4, -0.2) is 6.61 Å². The van der Waals surface area contributed by atoms with Crippen molar-refractivity contribution in [3.63, 3.8) is 0 Å². The van der Waals surface area contributed by atoms with Crippen molar-refractivity contribution in [3.05, 3.63) is 71.3 Å². The Bertz CT molecular complexity index is 573. The number of hydrogen-bond acceptors (Lipinski definition) is 2. The van der Waals surface area contributed by atoms with E-state index in [4.69, 9.17) is 10.5 Å². The van der Waals surface area contributed by atoms with E-state index in [0.29, 0.717) is 6.61 Å². The van der Waals surface area contributed by atoms with Crippen LogP contribution in [0.1, 0.15) is 29.7 Å². The van der Waals surface area contributed by atoms with E-state index in [1.807, 2.05) is 43.3 Å². The summed E-state index contributed by atoms with van der Waals surface area (Å²) in [5, 5.41) is 0. The third-order valence-electron chi connectivity index (χ3n) is 3.10. The molecule has 0 spiro atoms. The molecule has 0 fully saturated rings. The predicted octanol–water partition coefficient (Wildman–Crippen LogP) is 4.11. The van der Waals surface area contributed by atoms with Gasteiger partial charge in [-0.2, -0.15) is 0 Å². The van der Waals surface area contributed by atoms with E-state index in [9.17, 15) is 0 Å². The summed E-state index contributed by atoms with van der Waals surface area (Å²) < 4.78 is 5.83. The molecule has 2 rings (SSSR count). The highest BCUT2D eigenvalue weighted by molar-refractivity contribution is 5.49. The molecule has 0 saturated heterocycles. The zero-order valence-electron chi connectivity index (χ0n) is 12.0. The third-order valence-corrected chi connectivity index (χ3v) is 3.10. The number of nitrogens with two attached hydrogens (primary N) is 1. The van der Waals surface area contributed by atoms with Crippen LogP contribution in [0.25, 0.3) is 6.08 Å². The monoisotopic (exact) mass is 267 g/mol. The Morgan fingerprint density at radius 2 is 1.90 bits per heavy atom. The molecule has 0 aliphatic heterocycles. The lowest BCUT2D eigenvalue weighted by Crippen LogP contribution is -2.08. The smallest absolute Gasteiger partial charge is 0.124 e. The molecule has 104 valence electrons. The second kappa shape index (κ2) is 6.92. The molecule has 1 atom stereocenters. The fourth-order valence-electron chi connectivity index (χ4n) is 2.03. The standard InChI is InChI=1S/C18H21NO/c1-14-10-11-17(15(2)19)18(13-14)20-12-6-9-16-7-4-3-5-8-16/h3-11,13,15H,12,19H2,1-2H3/t15-/m1/s1. The van der Waals surface area contributed by atoms with Crippen molar-refractivity contribution in [1.29, 1.82) is 0 Å². The van der Waals surface area contributed by atoms with Crippen LogP contribution in [0.5, 0.6) is 5.75 Å². The summed E-state index contributed by atoms with van der Waals surface area (Å²) in [6.07, 6.45) is 4.07. The van der Waals surface area contributed by atoms with Gasteiger partial charge in [0.05, 0.1) is 0 Å². The summed E-state index contributed by atoms with van der Waals surface area (Å²) in [6.45, 7) is 4.56. The molecule has 0 aliphatic carbocycles. The molecular weight excluding hydrogens is 246 g/mol. The molecule has 0 aromatic heterocycles. The maximum atomic E-state index is 5.96. The van der Waals surface area contributed by atoms with Gasteiger partial charge in [-0.05, 0) is 37.1 Å². The fraction of sp³-hybridized carbons (Fsp3) is 0.222. The number of rotatable bonds is 5. The Morgan fingerprint density at radius 1 is 1.15 bits per heavy atom. The van der Waals surface area contributed by atoms with Crippen molar-refractivity contribution in [2.45, 2.75) is 19.9 Å². The molecule has 2 aromatic rings. The van der Waals surface area contributed by atoms with Crippen molar-refractivity contribution < 1.29 is 4.74 Å². The van der Waals surface area contributed by atoms with E-state index in [-0.39, 0.29) is 6.04 Å². The average Bonchev–Trinajstić information content (AvgIpc) is 2.44. The number of ether oxygens (including phenoxy) is 1. The number of aryl methyl sites for hydroxylation is 1. The lowest BCUT2D eigenvalue weighted by molar-refractivity contribution is 0.357. The minimum Gasteiger partial charge on any atom is -0.489 e. The molecule has 2 heteroatoms. The fourth-order valence-corrected chi connectivity index (χ4v) is 2.03. The summed E-state index contributed by atoms with van der Waals surface area (Å²) >= 11 is 0. The second-order valence-corrected chi connectivity index (χ2v) is 4.95. The first-order chi connectivity index (χ1) is 9.66. The van der Waals surface area contributed by atoms with Gasteiger partial charge in [-0.25, -0.2) is 0 Å². The Morgan fingerprint density at radius 3 is 2.60 bits per heavy atom. The summed E-state index contributed by atoms with van der Waals surface area (Å²) in [6, 6.07) is 16.3. The highest BCUT2D eigenvalue weighted by Crippen LogP contribution is 2.25. The molecule has 0 heterocycles. The van der Waals surface area contributed by atoms with Gasteiger partial charge < -0.3 is 10.5 Å². The van der Waals surface area contributed by atoms with Gasteiger partial charge in [0.2, 0.25) is 0 Å². The van der Waals surface area contributed by atoms with Crippen molar-refractivity contribution in [2.75, 3.05) is 6.61 Å². The highest BCUT2D eigenvalue weighted by Gasteiger charge is 2.07. The summed E-state index contributed by atoms with van der Waals surface area (Å²) in [4.78, 5) is 0. The molecule has 20 heavy (non-hydrogen) atoms. The summed E-state index contributed by atoms with van der Waals surface area (Å²) in [5.41, 5.74) is 9.36. The normalized spacial score (nSPS) is 12.6. The Hall–Kier alpha value is -2.06. The minimum absolute atomic E-state index is 0.0243. The zero-order valence-corrected chi connectivity index (χ0v) is 12.0. The molecule has 0 unspecified atom stereocenters. The van der Waals surface area contributed by atoms with Gasteiger partial charge in [0.25, 0.3) is 0 Å². The van der Waals surface area contributed by atoms with Crippen LogP contribution in [0, 0.1) is 6.92 Å². The van der Waals surface area contributed by atoms with Gasteiger partial charge in [0.15, 0.2) is 0 Å². The van der Waals surface area contributed by atoms with Gasteiger partial charge in [-0.15, -0.1) is 0 Å². The summed E-state index contributed by atoms with van der Waals surface area (Å²) in [5.74, 6) is 0.873. The van der Waals surface area contributed by atoms with Crippen LogP contribution in [0.4, 0.5) is 0 Å². The van der Waals surface area contributed by atoms with E-state index in [1.165, 1.54) is 11.1 Å². The molecule has 2 nitrogen and oxygen atoms in total. The quantitative estimate of drug-likeness (QED) is 0.885. The van der Waals surface area contributed by atoms with E-state index < -0.39 is 0 Å². The van der Waals surface area contributed by atoms with Crippen LogP contribution < -0.4 is 10.5 Å². The van der Waals surface area contributed by atoms with E-state index >= 15 is 0 Å². The van der Waals surface area contributed by atoms with Crippen LogP contribution in [0.15, 0.2) is 54.6 Å². The first-order valence-electron chi connectivity index (χ1n) is 6.87. The third kappa shape index (κ3) is 3.97. The van der Waals surface area contributed by atoms with Crippen molar-refractivity contribution in [2.24, 2.45) is 5.73 Å². The maximum absolute atomic E-state index is 5.96. The van der Waals surface area contributed by atoms with Crippen LogP contribution in [0.2, 0.25) is 0 Å². The Kier molecular flexibility index (Phi) is 4.97. The molecular formula is C18H21NO. The number of benzene rings is 2. The molecule has 2 aromatic carbocycles. The van der Waals surface area contributed by atoms with Crippen LogP contribution >= 0.6 is 0 Å². The zero-order chi connectivity index (χ0) is 14.4. The molecule has 0 amide bonds. The molecule has 0 bridgehead atoms. The molecule has 0 radical (unpaired) electrons. The molecule has 0 saturated carbocycles. The number of hydrogen-bond donors (Lipinski definition) is 1. The summed E-state index contributed by atoms with van der Waals surface area (Å²) in [7, 11) is 0. The topological polar surface area (TPSA) is 35.2 Å².